The van der Waals surface area contributed by atoms with Crippen LogP contribution < -0.4 is 15.9 Å². The first-order valence-electron chi connectivity index (χ1n) is 8.05. The summed E-state index contributed by atoms with van der Waals surface area (Å²) in [5, 5.41) is 4.71. The van der Waals surface area contributed by atoms with Crippen molar-refractivity contribution in [2.75, 3.05) is 18.3 Å². The molecule has 0 amide bonds. The number of halogens is 1. The maximum Gasteiger partial charge on any atom is 0.240 e. The monoisotopic (exact) mass is 403 g/mol. The Morgan fingerprint density at radius 2 is 2.00 bits per heavy atom. The first kappa shape index (κ1) is 18.9. The lowest BCUT2D eigenvalue weighted by atomic mass is 10.1. The average Bonchev–Trinajstić information content (AvgIpc) is 2.92. The summed E-state index contributed by atoms with van der Waals surface area (Å²) in [5.74, 6) is 0.724. The molecule has 0 saturated heterocycles. The van der Waals surface area contributed by atoms with Crippen LogP contribution in [0.1, 0.15) is 15.9 Å². The van der Waals surface area contributed by atoms with Crippen molar-refractivity contribution in [3.05, 3.63) is 63.4 Å². The molecule has 2 aromatic carbocycles. The molecule has 0 aliphatic heterocycles. The molecule has 0 spiro atoms. The van der Waals surface area contributed by atoms with Gasteiger partial charge in [0.05, 0.1) is 12.8 Å². The summed E-state index contributed by atoms with van der Waals surface area (Å²) in [6.07, 6.45) is 0. The molecule has 0 radical (unpaired) electrons. The predicted molar refractivity (Wildman–Crippen MR) is 108 cm³/mol. The van der Waals surface area contributed by atoms with Crippen molar-refractivity contribution >= 4 is 41.2 Å². The lowest BCUT2D eigenvalue weighted by molar-refractivity contribution is 0.0966. The number of nitrogens with zero attached hydrogens (tertiary/aromatic N) is 3. The topological polar surface area (TPSA) is 87.1 Å². The number of rotatable bonds is 6. The minimum absolute atomic E-state index is 0.0402. The van der Waals surface area contributed by atoms with Crippen molar-refractivity contribution in [3.8, 4) is 5.75 Å². The fraction of sp³-hybridized carbons (Fsp3) is 0.167. The molecule has 140 valence electrons. The molecular formula is C18H18ClN5O2S. The smallest absolute Gasteiger partial charge is 0.240 e. The minimum atomic E-state index is -0.153. The second-order valence-electron chi connectivity index (χ2n) is 5.81. The Hall–Kier alpha value is -2.84. The summed E-state index contributed by atoms with van der Waals surface area (Å²) in [4.78, 5) is 12.6. The van der Waals surface area contributed by atoms with Crippen molar-refractivity contribution in [1.82, 2.24) is 14.5 Å². The molecule has 0 saturated carbocycles. The summed E-state index contributed by atoms with van der Waals surface area (Å²) < 4.78 is 8.22. The number of nitrogen functional groups attached to an aromatic ring is 1. The van der Waals surface area contributed by atoms with Gasteiger partial charge < -0.3 is 10.5 Å². The van der Waals surface area contributed by atoms with E-state index in [1.807, 2.05) is 12.1 Å². The fourth-order valence-electron chi connectivity index (χ4n) is 2.56. The molecule has 0 atom stereocenters. The zero-order valence-electron chi connectivity index (χ0n) is 14.8. The molecule has 0 fully saturated rings. The molecule has 0 aliphatic carbocycles. The van der Waals surface area contributed by atoms with Gasteiger partial charge in [0.25, 0.3) is 0 Å². The average molecular weight is 404 g/mol. The van der Waals surface area contributed by atoms with E-state index in [0.717, 1.165) is 17.0 Å². The highest BCUT2D eigenvalue weighted by atomic mass is 35.5. The van der Waals surface area contributed by atoms with Gasteiger partial charge in [-0.15, -0.1) is 5.10 Å². The number of anilines is 2. The molecule has 3 rings (SSSR count). The molecule has 1 heterocycles. The zero-order chi connectivity index (χ0) is 19.6. The van der Waals surface area contributed by atoms with Crippen molar-refractivity contribution in [1.29, 1.82) is 0 Å². The van der Waals surface area contributed by atoms with Gasteiger partial charge >= 0.3 is 0 Å². The van der Waals surface area contributed by atoms with Crippen LogP contribution in [0.15, 0.2) is 42.5 Å². The Balaban J connectivity index is 1.83. The van der Waals surface area contributed by atoms with Gasteiger partial charge in [-0.05, 0) is 55.0 Å². The quantitative estimate of drug-likeness (QED) is 0.481. The highest BCUT2D eigenvalue weighted by molar-refractivity contribution is 7.71. The molecular weight excluding hydrogens is 386 g/mol. The number of ketones is 1. The number of ether oxygens (including phenoxy) is 1. The van der Waals surface area contributed by atoms with Crippen molar-refractivity contribution < 1.29 is 9.53 Å². The van der Waals surface area contributed by atoms with Gasteiger partial charge in [0, 0.05) is 10.6 Å². The number of nitrogens with one attached hydrogen (secondary N) is 1. The third-order valence-corrected chi connectivity index (χ3v) is 4.86. The highest BCUT2D eigenvalue weighted by Gasteiger charge is 2.15. The standard InChI is InChI=1S/C18H18ClN5O2S/c1-11-14(4-3-5-15(11)19)16(25)10-23-18(27)24(17(20)22-23)21-12-6-8-13(26-2)9-7-12/h3-9,21H,10H2,1-2H3,(H2,20,22). The number of nitrogens with two attached hydrogens (primary N) is 1. The van der Waals surface area contributed by atoms with Crippen molar-refractivity contribution in [2.45, 2.75) is 13.5 Å². The number of hydrogen-bond acceptors (Lipinski definition) is 6. The van der Waals surface area contributed by atoms with E-state index >= 15 is 0 Å². The Labute approximate surface area is 166 Å². The Morgan fingerprint density at radius 1 is 1.30 bits per heavy atom. The first-order chi connectivity index (χ1) is 12.9. The van der Waals surface area contributed by atoms with Crippen LogP contribution in [0.3, 0.4) is 0 Å². The van der Waals surface area contributed by atoms with E-state index in [1.165, 1.54) is 9.36 Å². The number of benzene rings is 2. The number of carbonyl (C=O) groups is 1. The van der Waals surface area contributed by atoms with E-state index in [2.05, 4.69) is 10.5 Å². The molecule has 0 bridgehead atoms. The number of methoxy groups -OCH3 is 1. The van der Waals surface area contributed by atoms with Gasteiger partial charge in [-0.25, -0.2) is 4.68 Å². The van der Waals surface area contributed by atoms with E-state index in [0.29, 0.717) is 10.6 Å². The van der Waals surface area contributed by atoms with Crippen molar-refractivity contribution in [3.63, 3.8) is 0 Å². The SMILES string of the molecule is COc1ccc(Nn2c(N)nn(CC(=O)c3cccc(Cl)c3C)c2=S)cc1. The van der Waals surface area contributed by atoms with Gasteiger partial charge in [0.1, 0.15) is 12.3 Å². The molecule has 3 aromatic rings. The van der Waals surface area contributed by atoms with Gasteiger partial charge in [-0.1, -0.05) is 23.7 Å². The summed E-state index contributed by atoms with van der Waals surface area (Å²) in [6.45, 7) is 1.76. The van der Waals surface area contributed by atoms with E-state index in [-0.39, 0.29) is 23.0 Å². The number of hydrogen-bond donors (Lipinski definition) is 2. The third-order valence-electron chi connectivity index (χ3n) is 4.06. The minimum Gasteiger partial charge on any atom is -0.497 e. The van der Waals surface area contributed by atoms with Crippen LogP contribution >= 0.6 is 23.8 Å². The first-order valence-corrected chi connectivity index (χ1v) is 8.84. The van der Waals surface area contributed by atoms with E-state index in [4.69, 9.17) is 34.3 Å². The Morgan fingerprint density at radius 3 is 2.67 bits per heavy atom. The molecule has 7 nitrogen and oxygen atoms in total. The summed E-state index contributed by atoms with van der Waals surface area (Å²) in [6, 6.07) is 12.4. The number of carbonyl (C=O) groups excluding carboxylic acids is 1. The van der Waals surface area contributed by atoms with E-state index in [1.54, 1.807) is 44.4 Å². The molecule has 9 heteroatoms. The molecule has 0 unspecified atom stereocenters. The van der Waals surface area contributed by atoms with Crippen LogP contribution in [0, 0.1) is 11.7 Å². The maximum absolute atomic E-state index is 12.6. The van der Waals surface area contributed by atoms with Crippen LogP contribution in [0.4, 0.5) is 11.6 Å². The lowest BCUT2D eigenvalue weighted by Crippen LogP contribution is -2.15. The van der Waals surface area contributed by atoms with E-state index in [9.17, 15) is 4.79 Å². The van der Waals surface area contributed by atoms with Crippen LogP contribution in [0.25, 0.3) is 0 Å². The number of Topliss-reactive ketones (excluding diaryl/α,β-unsaturated/α-hetero) is 1. The van der Waals surface area contributed by atoms with Gasteiger partial charge in [0.15, 0.2) is 5.78 Å². The van der Waals surface area contributed by atoms with E-state index < -0.39 is 0 Å². The Bertz CT molecular complexity index is 1040. The summed E-state index contributed by atoms with van der Waals surface area (Å²) >= 11 is 11.5. The predicted octanol–water partition coefficient (Wildman–Crippen LogP) is 3.72. The molecule has 1 aromatic heterocycles. The normalized spacial score (nSPS) is 10.6. The lowest BCUT2D eigenvalue weighted by Gasteiger charge is -2.09. The largest absolute Gasteiger partial charge is 0.497 e. The molecule has 3 N–H and O–H groups in total. The van der Waals surface area contributed by atoms with Crippen LogP contribution in [0.5, 0.6) is 5.75 Å². The van der Waals surface area contributed by atoms with Crippen LogP contribution in [0.2, 0.25) is 5.02 Å². The van der Waals surface area contributed by atoms with Crippen LogP contribution in [-0.2, 0) is 6.54 Å². The summed E-state index contributed by atoms with van der Waals surface area (Å²) in [7, 11) is 1.60. The summed E-state index contributed by atoms with van der Waals surface area (Å²) in [5.41, 5.74) is 11.0. The highest BCUT2D eigenvalue weighted by Crippen LogP contribution is 2.20. The number of aromatic nitrogens is 3. The second-order valence-corrected chi connectivity index (χ2v) is 6.58. The second kappa shape index (κ2) is 7.81. The van der Waals surface area contributed by atoms with Crippen molar-refractivity contribution in [2.24, 2.45) is 0 Å². The van der Waals surface area contributed by atoms with Gasteiger partial charge in [0.2, 0.25) is 10.7 Å². The Kier molecular flexibility index (Phi) is 5.48. The zero-order valence-corrected chi connectivity index (χ0v) is 16.3. The molecule has 0 aliphatic rings. The third kappa shape index (κ3) is 3.96. The fourth-order valence-corrected chi connectivity index (χ4v) is 2.98. The molecule has 27 heavy (non-hydrogen) atoms. The van der Waals surface area contributed by atoms with Gasteiger partial charge in [-0.2, -0.15) is 4.68 Å². The van der Waals surface area contributed by atoms with Crippen LogP contribution in [-0.4, -0.2) is 27.3 Å². The van der Waals surface area contributed by atoms with Gasteiger partial charge in [-0.3, -0.25) is 10.2 Å². The maximum atomic E-state index is 12.6.